The number of anilines is 3. The van der Waals surface area contributed by atoms with E-state index in [1.54, 1.807) is 12.1 Å². The second kappa shape index (κ2) is 15.0. The molecule has 1 fully saturated rings. The minimum Gasteiger partial charge on any atom is -0.395 e. The van der Waals surface area contributed by atoms with Crippen LogP contribution >= 0.6 is 0 Å². The van der Waals surface area contributed by atoms with Gasteiger partial charge in [-0.1, -0.05) is 12.1 Å². The van der Waals surface area contributed by atoms with Gasteiger partial charge in [-0.2, -0.15) is 15.0 Å². The monoisotopic (exact) mass is 488 g/mol. The molecule has 2 aromatic rings. The Labute approximate surface area is 205 Å². The van der Waals surface area contributed by atoms with Crippen LogP contribution in [0.4, 0.5) is 17.8 Å². The Balaban J connectivity index is 1.44. The first-order valence-corrected chi connectivity index (χ1v) is 12.0. The lowest BCUT2D eigenvalue weighted by molar-refractivity contribution is 0.0511. The summed E-state index contributed by atoms with van der Waals surface area (Å²) in [4.78, 5) is 25.5. The van der Waals surface area contributed by atoms with E-state index in [2.05, 4.69) is 36.2 Å². The first kappa shape index (κ1) is 26.5. The molecule has 12 nitrogen and oxygen atoms in total. The van der Waals surface area contributed by atoms with Crippen LogP contribution in [0.3, 0.4) is 0 Å². The number of rotatable bonds is 17. The van der Waals surface area contributed by atoms with Crippen molar-refractivity contribution in [1.82, 2.24) is 20.3 Å². The highest BCUT2D eigenvalue weighted by Gasteiger charge is 2.19. The lowest BCUT2D eigenvalue weighted by Gasteiger charge is -2.26. The van der Waals surface area contributed by atoms with Gasteiger partial charge in [-0.05, 0) is 37.0 Å². The number of ether oxygens (including phenoxy) is 2. The van der Waals surface area contributed by atoms with Gasteiger partial charge < -0.3 is 41.6 Å². The summed E-state index contributed by atoms with van der Waals surface area (Å²) in [5.41, 5.74) is 6.89. The maximum Gasteiger partial charge on any atom is 0.251 e. The largest absolute Gasteiger partial charge is 0.395 e. The summed E-state index contributed by atoms with van der Waals surface area (Å²) in [6.07, 6.45) is 3.41. The molecule has 0 saturated heterocycles. The van der Waals surface area contributed by atoms with Gasteiger partial charge in [0.1, 0.15) is 0 Å². The zero-order chi connectivity index (χ0) is 24.7. The average Bonchev–Trinajstić information content (AvgIpc) is 2.85. The lowest BCUT2D eigenvalue weighted by Crippen LogP contribution is -2.28. The Morgan fingerprint density at radius 1 is 0.943 bits per heavy atom. The third-order valence-electron chi connectivity index (χ3n) is 5.30. The minimum absolute atomic E-state index is 0.0169. The summed E-state index contributed by atoms with van der Waals surface area (Å²) < 4.78 is 10.6. The quantitative estimate of drug-likeness (QED) is 0.172. The van der Waals surface area contributed by atoms with E-state index in [0.717, 1.165) is 18.4 Å². The molecule has 1 heterocycles. The molecule has 7 N–H and O–H groups in total. The van der Waals surface area contributed by atoms with Crippen LogP contribution < -0.4 is 27.0 Å². The van der Waals surface area contributed by atoms with Gasteiger partial charge in [0.15, 0.2) is 0 Å². The number of aliphatic hydroxyl groups is 1. The molecule has 192 valence electrons. The Morgan fingerprint density at radius 3 is 2.29 bits per heavy atom. The van der Waals surface area contributed by atoms with Crippen LogP contribution in [-0.4, -0.2) is 84.7 Å². The number of hydrogen-bond donors (Lipinski definition) is 6. The highest BCUT2D eigenvalue weighted by Crippen LogP contribution is 2.22. The molecular formula is C23H36N8O4. The molecule has 1 saturated carbocycles. The highest BCUT2D eigenvalue weighted by molar-refractivity contribution is 5.94. The van der Waals surface area contributed by atoms with Gasteiger partial charge in [0.05, 0.1) is 33.0 Å². The van der Waals surface area contributed by atoms with Crippen LogP contribution in [0.15, 0.2) is 24.3 Å². The second-order valence-electron chi connectivity index (χ2n) is 8.05. The molecule has 1 aromatic heterocycles. The molecule has 0 atom stereocenters. The molecule has 12 heteroatoms. The summed E-state index contributed by atoms with van der Waals surface area (Å²) >= 11 is 0. The van der Waals surface area contributed by atoms with Gasteiger partial charge in [-0.25, -0.2) is 0 Å². The molecule has 35 heavy (non-hydrogen) atoms. The molecule has 1 aliphatic rings. The Bertz CT molecular complexity index is 896. The third-order valence-corrected chi connectivity index (χ3v) is 5.30. The lowest BCUT2D eigenvalue weighted by atomic mass is 9.93. The predicted octanol–water partition coefficient (Wildman–Crippen LogP) is 0.574. The normalized spacial score (nSPS) is 13.2. The zero-order valence-electron chi connectivity index (χ0n) is 20.0. The van der Waals surface area contributed by atoms with Crippen molar-refractivity contribution in [1.29, 1.82) is 0 Å². The van der Waals surface area contributed by atoms with Crippen molar-refractivity contribution in [3.8, 4) is 0 Å². The molecule has 0 unspecified atom stereocenters. The van der Waals surface area contributed by atoms with Crippen molar-refractivity contribution in [2.24, 2.45) is 5.73 Å². The maximum absolute atomic E-state index is 12.3. The molecule has 1 amide bonds. The van der Waals surface area contributed by atoms with Crippen LogP contribution in [0.5, 0.6) is 0 Å². The molecule has 0 bridgehead atoms. The summed E-state index contributed by atoms with van der Waals surface area (Å²) in [5, 5.41) is 21.4. The molecular weight excluding hydrogens is 452 g/mol. The van der Waals surface area contributed by atoms with Gasteiger partial charge in [0.25, 0.3) is 5.91 Å². The number of aliphatic hydroxyl groups excluding tert-OH is 1. The number of nitrogens with two attached hydrogens (primary N) is 1. The summed E-state index contributed by atoms with van der Waals surface area (Å²) in [6, 6.07) is 7.70. The summed E-state index contributed by atoms with van der Waals surface area (Å²) in [7, 11) is 0. The number of aromatic nitrogens is 3. The summed E-state index contributed by atoms with van der Waals surface area (Å²) in [6.45, 7) is 3.62. The zero-order valence-corrected chi connectivity index (χ0v) is 20.0. The first-order chi connectivity index (χ1) is 17.2. The number of nitrogens with zero attached hydrogens (tertiary/aromatic N) is 3. The average molecular weight is 489 g/mol. The van der Waals surface area contributed by atoms with Crippen molar-refractivity contribution >= 4 is 23.8 Å². The number of carbonyl (C=O) groups is 1. The standard InChI is InChI=1S/C23H36N8O4/c24-8-12-34-14-15-35-13-10-25-20(33)18-6-4-17(5-7-18)16-27-22-29-21(26-9-11-32)30-23(31-22)28-19-2-1-3-19/h4-7,19,32H,1-3,8-16,24H2,(H,25,33)(H3,26,27,28,29,30,31). The second-order valence-corrected chi connectivity index (χ2v) is 8.05. The predicted molar refractivity (Wildman–Crippen MR) is 133 cm³/mol. The van der Waals surface area contributed by atoms with E-state index in [1.807, 2.05) is 12.1 Å². The van der Waals surface area contributed by atoms with Crippen molar-refractivity contribution < 1.29 is 19.4 Å². The highest BCUT2D eigenvalue weighted by atomic mass is 16.5. The van der Waals surface area contributed by atoms with E-state index < -0.39 is 0 Å². The van der Waals surface area contributed by atoms with Crippen molar-refractivity contribution in [3.63, 3.8) is 0 Å². The fourth-order valence-corrected chi connectivity index (χ4v) is 3.20. The van der Waals surface area contributed by atoms with E-state index in [0.29, 0.717) is 82.1 Å². The van der Waals surface area contributed by atoms with Crippen molar-refractivity contribution in [3.05, 3.63) is 35.4 Å². The topological polar surface area (TPSA) is 169 Å². The van der Waals surface area contributed by atoms with Crippen LogP contribution in [0.25, 0.3) is 0 Å². The van der Waals surface area contributed by atoms with Crippen molar-refractivity contribution in [2.45, 2.75) is 31.8 Å². The number of nitrogens with one attached hydrogen (secondary N) is 4. The Hall–Kier alpha value is -3.06. The van der Waals surface area contributed by atoms with Crippen LogP contribution in [0, 0.1) is 0 Å². The number of benzene rings is 1. The molecule has 0 aliphatic heterocycles. The Morgan fingerprint density at radius 2 is 1.63 bits per heavy atom. The van der Waals surface area contributed by atoms with Gasteiger partial charge in [0.2, 0.25) is 17.8 Å². The van der Waals surface area contributed by atoms with E-state index in [4.69, 9.17) is 20.3 Å². The van der Waals surface area contributed by atoms with Gasteiger partial charge in [-0.3, -0.25) is 4.79 Å². The number of hydrogen-bond acceptors (Lipinski definition) is 11. The Kier molecular flexibility index (Phi) is 11.4. The van der Waals surface area contributed by atoms with Crippen LogP contribution in [0.2, 0.25) is 0 Å². The van der Waals surface area contributed by atoms with Crippen LogP contribution in [-0.2, 0) is 16.0 Å². The van der Waals surface area contributed by atoms with E-state index in [-0.39, 0.29) is 12.5 Å². The van der Waals surface area contributed by atoms with E-state index >= 15 is 0 Å². The first-order valence-electron chi connectivity index (χ1n) is 12.0. The molecule has 1 aliphatic carbocycles. The smallest absolute Gasteiger partial charge is 0.251 e. The SMILES string of the molecule is NCCOCCOCCNC(=O)c1ccc(CNc2nc(NCCO)nc(NC3CCC3)n2)cc1. The molecule has 1 aromatic carbocycles. The van der Waals surface area contributed by atoms with E-state index in [9.17, 15) is 4.79 Å². The van der Waals surface area contributed by atoms with Crippen molar-refractivity contribution in [2.75, 3.05) is 68.6 Å². The fourth-order valence-electron chi connectivity index (χ4n) is 3.20. The third kappa shape index (κ3) is 9.61. The fraction of sp³-hybridized carbons (Fsp3) is 0.565. The van der Waals surface area contributed by atoms with Gasteiger partial charge >= 0.3 is 0 Å². The molecule has 0 spiro atoms. The van der Waals surface area contributed by atoms with E-state index in [1.165, 1.54) is 6.42 Å². The number of carbonyl (C=O) groups excluding carboxylic acids is 1. The number of amides is 1. The van der Waals surface area contributed by atoms with Gasteiger partial charge in [0, 0.05) is 37.8 Å². The molecule has 3 rings (SSSR count). The van der Waals surface area contributed by atoms with Gasteiger partial charge in [-0.15, -0.1) is 0 Å². The maximum atomic E-state index is 12.3. The van der Waals surface area contributed by atoms with Crippen LogP contribution in [0.1, 0.15) is 35.2 Å². The minimum atomic E-state index is -0.156. The molecule has 0 radical (unpaired) electrons. The summed E-state index contributed by atoms with van der Waals surface area (Å²) in [5.74, 6) is 1.18.